The lowest BCUT2D eigenvalue weighted by atomic mass is 10.1. The average molecular weight is 402 g/mol. The van der Waals surface area contributed by atoms with E-state index in [4.69, 9.17) is 25.8 Å². The molecule has 0 bridgehead atoms. The Bertz CT molecular complexity index is 860. The molecule has 1 fully saturated rings. The molecule has 2 aromatic carbocycles. The first kappa shape index (κ1) is 20.2. The summed E-state index contributed by atoms with van der Waals surface area (Å²) in [6.45, 7) is 5.46. The lowest BCUT2D eigenvalue weighted by Gasteiger charge is -2.29. The van der Waals surface area contributed by atoms with Gasteiger partial charge in [-0.1, -0.05) is 29.8 Å². The summed E-state index contributed by atoms with van der Waals surface area (Å²) in [7, 11) is 1.55. The molecule has 1 aliphatic heterocycles. The van der Waals surface area contributed by atoms with Gasteiger partial charge in [0.05, 0.1) is 32.0 Å². The van der Waals surface area contributed by atoms with Crippen molar-refractivity contribution in [1.29, 1.82) is 0 Å². The van der Waals surface area contributed by atoms with Gasteiger partial charge in [0.15, 0.2) is 17.3 Å². The lowest BCUT2D eigenvalue weighted by Crippen LogP contribution is -2.36. The van der Waals surface area contributed by atoms with Crippen LogP contribution in [0.15, 0.2) is 42.5 Å². The maximum Gasteiger partial charge on any atom is 0.185 e. The zero-order valence-electron chi connectivity index (χ0n) is 16.1. The molecule has 0 aliphatic carbocycles. The number of morpholine rings is 1. The largest absolute Gasteiger partial charge is 0.491 e. The van der Waals surface area contributed by atoms with Crippen LogP contribution in [0.25, 0.3) is 6.08 Å². The summed E-state index contributed by atoms with van der Waals surface area (Å²) < 4.78 is 16.3. The maximum atomic E-state index is 12.7. The van der Waals surface area contributed by atoms with Crippen molar-refractivity contribution < 1.29 is 19.0 Å². The number of ketones is 1. The minimum Gasteiger partial charge on any atom is -0.491 e. The van der Waals surface area contributed by atoms with Gasteiger partial charge in [-0.15, -0.1) is 0 Å². The van der Waals surface area contributed by atoms with Crippen molar-refractivity contribution in [3.8, 4) is 11.5 Å². The number of carbonyl (C=O) groups is 1. The van der Waals surface area contributed by atoms with Crippen LogP contribution in [0.2, 0.25) is 5.02 Å². The molecule has 1 heterocycles. The Morgan fingerprint density at radius 3 is 2.75 bits per heavy atom. The fourth-order valence-corrected chi connectivity index (χ4v) is 3.39. The van der Waals surface area contributed by atoms with Gasteiger partial charge in [0.1, 0.15) is 0 Å². The monoisotopic (exact) mass is 401 g/mol. The Hall–Kier alpha value is -2.50. The van der Waals surface area contributed by atoms with E-state index in [1.807, 2.05) is 37.3 Å². The summed E-state index contributed by atoms with van der Waals surface area (Å²) >= 11 is 6.27. The zero-order chi connectivity index (χ0) is 19.9. The highest BCUT2D eigenvalue weighted by atomic mass is 35.5. The molecule has 3 rings (SSSR count). The molecule has 5 nitrogen and oxygen atoms in total. The first-order valence-electron chi connectivity index (χ1n) is 9.28. The molecule has 0 saturated carbocycles. The molecular weight excluding hydrogens is 378 g/mol. The number of ether oxygens (including phenoxy) is 3. The van der Waals surface area contributed by atoms with E-state index in [1.165, 1.54) is 0 Å². The van der Waals surface area contributed by atoms with Gasteiger partial charge < -0.3 is 19.1 Å². The Labute approximate surface area is 170 Å². The average Bonchev–Trinajstić information content (AvgIpc) is 2.73. The highest BCUT2D eigenvalue weighted by Crippen LogP contribution is 2.36. The topological polar surface area (TPSA) is 48.0 Å². The summed E-state index contributed by atoms with van der Waals surface area (Å²) in [4.78, 5) is 14.9. The molecule has 0 aromatic heterocycles. The molecule has 0 N–H and O–H groups in total. The van der Waals surface area contributed by atoms with E-state index in [0.717, 1.165) is 24.3 Å². The van der Waals surface area contributed by atoms with Crippen LogP contribution >= 0.6 is 11.6 Å². The van der Waals surface area contributed by atoms with E-state index in [9.17, 15) is 4.79 Å². The predicted octanol–water partition coefficient (Wildman–Crippen LogP) is 4.48. The van der Waals surface area contributed by atoms with E-state index in [-0.39, 0.29) is 5.78 Å². The molecule has 28 heavy (non-hydrogen) atoms. The molecule has 1 saturated heterocycles. The number of methoxy groups -OCH3 is 1. The van der Waals surface area contributed by atoms with Crippen LogP contribution in [-0.2, 0) is 4.74 Å². The second-order valence-electron chi connectivity index (χ2n) is 6.31. The summed E-state index contributed by atoms with van der Waals surface area (Å²) in [6, 6.07) is 11.2. The normalized spacial score (nSPS) is 14.3. The number of allylic oxidation sites excluding steroid dienone is 1. The Morgan fingerprint density at radius 1 is 1.25 bits per heavy atom. The van der Waals surface area contributed by atoms with E-state index >= 15 is 0 Å². The van der Waals surface area contributed by atoms with Gasteiger partial charge >= 0.3 is 0 Å². The minimum absolute atomic E-state index is 0.0694. The molecular formula is C22H24ClNO4. The fourth-order valence-electron chi connectivity index (χ4n) is 3.09. The summed E-state index contributed by atoms with van der Waals surface area (Å²) in [6.07, 6.45) is 3.28. The van der Waals surface area contributed by atoms with E-state index < -0.39 is 0 Å². The van der Waals surface area contributed by atoms with Crippen molar-refractivity contribution in [2.45, 2.75) is 6.92 Å². The number of benzene rings is 2. The van der Waals surface area contributed by atoms with Crippen LogP contribution in [0.1, 0.15) is 22.8 Å². The number of hydrogen-bond acceptors (Lipinski definition) is 5. The molecule has 2 aromatic rings. The minimum atomic E-state index is -0.0694. The van der Waals surface area contributed by atoms with Crippen molar-refractivity contribution in [1.82, 2.24) is 0 Å². The first-order valence-corrected chi connectivity index (χ1v) is 9.65. The molecule has 0 atom stereocenters. The highest BCUT2D eigenvalue weighted by molar-refractivity contribution is 6.32. The second-order valence-corrected chi connectivity index (χ2v) is 6.72. The second kappa shape index (κ2) is 9.62. The molecule has 148 valence electrons. The van der Waals surface area contributed by atoms with Crippen molar-refractivity contribution in [2.75, 3.05) is 44.9 Å². The number of anilines is 1. The predicted molar refractivity (Wildman–Crippen MR) is 112 cm³/mol. The Morgan fingerprint density at radius 2 is 2.04 bits per heavy atom. The smallest absolute Gasteiger partial charge is 0.185 e. The summed E-state index contributed by atoms with van der Waals surface area (Å²) in [5.74, 6) is 0.976. The number of halogens is 1. The quantitative estimate of drug-likeness (QED) is 0.505. The van der Waals surface area contributed by atoms with Crippen molar-refractivity contribution in [3.05, 3.63) is 58.6 Å². The summed E-state index contributed by atoms with van der Waals surface area (Å²) in [5.41, 5.74) is 2.45. The Balaban J connectivity index is 1.78. The van der Waals surface area contributed by atoms with Crippen molar-refractivity contribution >= 4 is 29.1 Å². The Kier molecular flexibility index (Phi) is 6.95. The van der Waals surface area contributed by atoms with Crippen molar-refractivity contribution in [2.24, 2.45) is 0 Å². The standard InChI is InChI=1S/C22H24ClNO4/c1-3-28-21-14-16(13-19(23)22(21)26-2)7-8-20(25)17-5-4-6-18(15-17)24-9-11-27-12-10-24/h4-8,13-15H,3,9-12H2,1-2H3/b8-7-. The van der Waals surface area contributed by atoms with Gasteiger partial charge in [0, 0.05) is 24.3 Å². The van der Waals surface area contributed by atoms with Crippen LogP contribution in [0.5, 0.6) is 11.5 Å². The van der Waals surface area contributed by atoms with Gasteiger partial charge in [-0.3, -0.25) is 4.79 Å². The lowest BCUT2D eigenvalue weighted by molar-refractivity contribution is 0.104. The molecule has 6 heteroatoms. The SMILES string of the molecule is CCOc1cc(/C=C\C(=O)c2cccc(N3CCOCC3)c2)cc(Cl)c1OC. The van der Waals surface area contributed by atoms with Crippen LogP contribution in [-0.4, -0.2) is 45.8 Å². The number of nitrogens with zero attached hydrogens (tertiary/aromatic N) is 1. The van der Waals surface area contributed by atoms with Crippen molar-refractivity contribution in [3.63, 3.8) is 0 Å². The van der Waals surface area contributed by atoms with Gasteiger partial charge in [0.25, 0.3) is 0 Å². The van der Waals surface area contributed by atoms with Crippen LogP contribution in [0.4, 0.5) is 5.69 Å². The van der Waals surface area contributed by atoms with Gasteiger partial charge in [-0.05, 0) is 42.8 Å². The number of carbonyl (C=O) groups excluding carboxylic acids is 1. The van der Waals surface area contributed by atoms with Crippen LogP contribution in [0, 0.1) is 0 Å². The molecule has 0 amide bonds. The molecule has 1 aliphatic rings. The molecule has 0 radical (unpaired) electrons. The van der Waals surface area contributed by atoms with Gasteiger partial charge in [-0.2, -0.15) is 0 Å². The number of hydrogen-bond donors (Lipinski definition) is 0. The van der Waals surface area contributed by atoms with E-state index in [2.05, 4.69) is 4.90 Å². The molecule has 0 spiro atoms. The summed E-state index contributed by atoms with van der Waals surface area (Å²) in [5, 5.41) is 0.440. The third-order valence-electron chi connectivity index (χ3n) is 4.47. The van der Waals surface area contributed by atoms with E-state index in [1.54, 1.807) is 25.3 Å². The molecule has 0 unspecified atom stereocenters. The maximum absolute atomic E-state index is 12.7. The zero-order valence-corrected chi connectivity index (χ0v) is 16.9. The highest BCUT2D eigenvalue weighted by Gasteiger charge is 2.13. The fraction of sp³-hybridized carbons (Fsp3) is 0.318. The number of rotatable bonds is 7. The van der Waals surface area contributed by atoms with Crippen LogP contribution < -0.4 is 14.4 Å². The van der Waals surface area contributed by atoms with Gasteiger partial charge in [-0.25, -0.2) is 0 Å². The third-order valence-corrected chi connectivity index (χ3v) is 4.75. The van der Waals surface area contributed by atoms with Gasteiger partial charge in [0.2, 0.25) is 0 Å². The van der Waals surface area contributed by atoms with Crippen LogP contribution in [0.3, 0.4) is 0 Å². The first-order chi connectivity index (χ1) is 13.6. The van der Waals surface area contributed by atoms with E-state index in [0.29, 0.717) is 41.9 Å². The third kappa shape index (κ3) is 4.86.